The lowest BCUT2D eigenvalue weighted by Gasteiger charge is -2.49. The molecule has 0 bridgehead atoms. The van der Waals surface area contributed by atoms with Gasteiger partial charge in [0, 0.05) is 57.2 Å². The summed E-state index contributed by atoms with van der Waals surface area (Å²) in [6.45, 7) is 17.6. The number of esters is 1. The number of hydrogen-bond donors (Lipinski definition) is 5. The second-order valence-electron chi connectivity index (χ2n) is 23.0. The third-order valence-electron chi connectivity index (χ3n) is 16.7. The molecule has 2 aromatic carbocycles. The van der Waals surface area contributed by atoms with Crippen LogP contribution < -0.4 is 0 Å². The topological polar surface area (TPSA) is 235 Å². The lowest BCUT2D eigenvalue weighted by molar-refractivity contribution is -0.318. The van der Waals surface area contributed by atoms with Crippen LogP contribution in [0.2, 0.25) is 0 Å². The van der Waals surface area contributed by atoms with Crippen molar-refractivity contribution in [2.24, 2.45) is 17.8 Å². The van der Waals surface area contributed by atoms with E-state index in [0.717, 1.165) is 16.7 Å². The Labute approximate surface area is 449 Å². The third kappa shape index (κ3) is 14.2. The van der Waals surface area contributed by atoms with Crippen LogP contribution in [0.25, 0.3) is 11.1 Å². The third-order valence-corrected chi connectivity index (χ3v) is 16.7. The van der Waals surface area contributed by atoms with E-state index in [2.05, 4.69) is 16.4 Å². The summed E-state index contributed by atoms with van der Waals surface area (Å²) in [5.41, 5.74) is -0.572. The number of nitriles is 1. The molecule has 0 unspecified atom stereocenters. The molecule has 0 saturated carbocycles. The number of hydrogen-bond acceptors (Lipinski definition) is 17. The van der Waals surface area contributed by atoms with Crippen LogP contribution in [0.4, 0.5) is 4.39 Å². The lowest BCUT2D eigenvalue weighted by atomic mass is 9.77. The largest absolute Gasteiger partial charge is 0.459 e. The molecule has 3 fully saturated rings. The zero-order chi connectivity index (χ0) is 56.0. The maximum absolute atomic E-state index is 14.6. The number of carbonyl (C=O) groups is 1. The van der Waals surface area contributed by atoms with Gasteiger partial charge in [-0.05, 0) is 123 Å². The predicted molar refractivity (Wildman–Crippen MR) is 282 cm³/mol. The first-order chi connectivity index (χ1) is 35.8. The molecule has 0 amide bonds. The molecule has 3 aliphatic heterocycles. The summed E-state index contributed by atoms with van der Waals surface area (Å²) >= 11 is 0. The Hall–Kier alpha value is -4.01. The fourth-order valence-electron chi connectivity index (χ4n) is 11.8. The highest BCUT2D eigenvalue weighted by molar-refractivity contribution is 5.73. The molecule has 5 N–H and O–H groups in total. The number of aliphatic hydroxyl groups excluding tert-OH is 3. The summed E-state index contributed by atoms with van der Waals surface area (Å²) in [6.07, 6.45) is -6.84. The Balaban J connectivity index is 1.23. The van der Waals surface area contributed by atoms with E-state index in [1.54, 1.807) is 65.4 Å². The number of ether oxygens (including phenoxy) is 6. The SMILES string of the molecule is CC[C@H]1OC(=O)[C@H](C)[C@@H](O[C@H]2C[C@@](C)(OC)[C@@H](O)[C@H](C)O2)[C@H](C)[C@@H](O[C@@H]2O[C@H](C)C[C@H](N(C)CCc3cn([C@H](CF)Cc4ccc(-c5cccc(C#N)c5)cc4)nn3)[C@H]2O)[C@](C)(O)C[C@@H](C)CN(C)[C@H](C)[C@@H](O)[C@]1(C)O. The van der Waals surface area contributed by atoms with E-state index < -0.39 is 121 Å². The second kappa shape index (κ2) is 25.8. The number of methoxy groups -OCH3 is 1. The number of aromatic nitrogens is 3. The number of halogens is 1. The number of aliphatic hydroxyl groups is 5. The first kappa shape index (κ1) is 61.2. The molecule has 3 aliphatic rings. The zero-order valence-corrected chi connectivity index (χ0v) is 47.0. The van der Waals surface area contributed by atoms with Gasteiger partial charge in [-0.25, -0.2) is 9.07 Å². The molecule has 4 heterocycles. The van der Waals surface area contributed by atoms with Crippen LogP contribution in [0, 0.1) is 29.1 Å². The van der Waals surface area contributed by atoms with Crippen molar-refractivity contribution in [1.29, 1.82) is 5.26 Å². The maximum Gasteiger partial charge on any atom is 0.311 e. The van der Waals surface area contributed by atoms with Gasteiger partial charge in [0.2, 0.25) is 0 Å². The number of alkyl halides is 1. The highest BCUT2D eigenvalue weighted by Gasteiger charge is 2.53. The van der Waals surface area contributed by atoms with Gasteiger partial charge >= 0.3 is 5.97 Å². The van der Waals surface area contributed by atoms with Gasteiger partial charge in [-0.3, -0.25) is 4.79 Å². The van der Waals surface area contributed by atoms with Gasteiger partial charge in [-0.15, -0.1) is 5.10 Å². The minimum absolute atomic E-state index is 0.0845. The van der Waals surface area contributed by atoms with Crippen LogP contribution in [0.5, 0.6) is 0 Å². The van der Waals surface area contributed by atoms with Crippen molar-refractivity contribution < 1.29 is 63.1 Å². The quantitative estimate of drug-likeness (QED) is 0.120. The molecule has 76 heavy (non-hydrogen) atoms. The molecule has 424 valence electrons. The highest BCUT2D eigenvalue weighted by Crippen LogP contribution is 2.40. The first-order valence-electron chi connectivity index (χ1n) is 27.1. The number of benzene rings is 2. The van der Waals surface area contributed by atoms with Crippen molar-refractivity contribution in [3.05, 3.63) is 71.5 Å². The van der Waals surface area contributed by atoms with Gasteiger partial charge in [-0.2, -0.15) is 5.26 Å². The van der Waals surface area contributed by atoms with Gasteiger partial charge in [0.1, 0.15) is 36.7 Å². The van der Waals surface area contributed by atoms with Gasteiger partial charge in [0.15, 0.2) is 12.6 Å². The zero-order valence-electron chi connectivity index (χ0n) is 47.0. The van der Waals surface area contributed by atoms with Crippen molar-refractivity contribution in [1.82, 2.24) is 24.8 Å². The van der Waals surface area contributed by atoms with Crippen LogP contribution in [0.15, 0.2) is 54.7 Å². The molecule has 19 heteroatoms. The molecule has 3 aromatic rings. The Morgan fingerprint density at radius 2 is 1.67 bits per heavy atom. The summed E-state index contributed by atoms with van der Waals surface area (Å²) in [5, 5.41) is 77.9. The number of nitrogens with zero attached hydrogens (tertiary/aromatic N) is 6. The molecule has 0 radical (unpaired) electrons. The van der Waals surface area contributed by atoms with E-state index in [4.69, 9.17) is 28.4 Å². The summed E-state index contributed by atoms with van der Waals surface area (Å²) in [4.78, 5) is 18.4. The molecule has 0 aliphatic carbocycles. The highest BCUT2D eigenvalue weighted by atomic mass is 19.1. The predicted octanol–water partition coefficient (Wildman–Crippen LogP) is 5.40. The molecule has 18 nitrogen and oxygen atoms in total. The summed E-state index contributed by atoms with van der Waals surface area (Å²) < 4.78 is 54.5. The van der Waals surface area contributed by atoms with Crippen LogP contribution in [0.1, 0.15) is 118 Å². The Morgan fingerprint density at radius 3 is 2.32 bits per heavy atom. The number of rotatable bonds is 15. The lowest BCUT2D eigenvalue weighted by Crippen LogP contribution is -2.61. The molecular formula is C57H87FN6O12. The molecule has 1 aromatic heterocycles. The second-order valence-corrected chi connectivity index (χ2v) is 23.0. The van der Waals surface area contributed by atoms with Crippen molar-refractivity contribution in [2.75, 3.05) is 41.0 Å². The van der Waals surface area contributed by atoms with E-state index in [0.29, 0.717) is 43.6 Å². The van der Waals surface area contributed by atoms with Gasteiger partial charge in [0.25, 0.3) is 0 Å². The smallest absolute Gasteiger partial charge is 0.311 e. The molecular weight excluding hydrogens is 980 g/mol. The van der Waals surface area contributed by atoms with Gasteiger partial charge in [-0.1, -0.05) is 62.4 Å². The Kier molecular flexibility index (Phi) is 20.8. The maximum atomic E-state index is 14.6. The number of carbonyl (C=O) groups excluding carboxylic acids is 1. The summed E-state index contributed by atoms with van der Waals surface area (Å²) in [6, 6.07) is 15.7. The fraction of sp³-hybridized carbons (Fsp3) is 0.719. The molecule has 19 atom stereocenters. The van der Waals surface area contributed by atoms with E-state index in [9.17, 15) is 40.0 Å². The molecule has 3 saturated heterocycles. The van der Waals surface area contributed by atoms with Crippen molar-refractivity contribution in [3.8, 4) is 17.2 Å². The minimum atomic E-state index is -1.85. The summed E-state index contributed by atoms with van der Waals surface area (Å²) in [5.74, 6) is -2.87. The standard InChI is InChI=1S/C57H87FN6O12/c1-14-46-57(10,70)50(66)37(6)63(12)31-33(2)27-55(8,69)52(35(4)49(36(5)53(68)74-46)75-47-28-56(9,71-13)51(67)38(7)73-47)76-54-48(65)45(24-34(3)72-54)62(11)23-22-43-32-64(61-60-43)44(29-58)26-39-18-20-41(21-19-39)42-17-15-16-40(25-42)30-59/h15-21,25,32-38,44-52,54,65-67,69-70H,14,22-24,26-29,31H2,1-13H3/t33-,34-,35+,36-,37-,38+,44+,45+,46-,47+,48-,49+,50-,51+,52-,54+,55-,56-,57-/m1/s1. The summed E-state index contributed by atoms with van der Waals surface area (Å²) in [7, 11) is 5.22. The monoisotopic (exact) mass is 1070 g/mol. The minimum Gasteiger partial charge on any atom is -0.459 e. The van der Waals surface area contributed by atoms with Crippen LogP contribution in [-0.4, -0.2) is 188 Å². The van der Waals surface area contributed by atoms with Crippen molar-refractivity contribution >= 4 is 5.97 Å². The number of likely N-dealkylation sites (N-methyl/N-ethyl adjacent to an activating group) is 2. The fourth-order valence-corrected chi connectivity index (χ4v) is 11.8. The molecule has 0 spiro atoms. The molecule has 6 rings (SSSR count). The average molecular weight is 1070 g/mol. The van der Waals surface area contributed by atoms with Gasteiger partial charge in [0.05, 0.1) is 64.9 Å². The average Bonchev–Trinajstić information content (AvgIpc) is 3.87. The van der Waals surface area contributed by atoms with E-state index in [-0.39, 0.29) is 25.2 Å². The van der Waals surface area contributed by atoms with E-state index >= 15 is 0 Å². The van der Waals surface area contributed by atoms with E-state index in [1.807, 2.05) is 80.2 Å². The van der Waals surface area contributed by atoms with Gasteiger partial charge < -0.3 is 63.8 Å². The van der Waals surface area contributed by atoms with Crippen molar-refractivity contribution in [3.63, 3.8) is 0 Å². The van der Waals surface area contributed by atoms with Crippen LogP contribution >= 0.6 is 0 Å². The number of cyclic esters (lactones) is 1. The van der Waals surface area contributed by atoms with Crippen LogP contribution in [0.3, 0.4) is 0 Å². The first-order valence-corrected chi connectivity index (χ1v) is 27.1. The van der Waals surface area contributed by atoms with E-state index in [1.165, 1.54) is 14.0 Å². The normalized spacial score (nSPS) is 37.9. The Morgan fingerprint density at radius 1 is 0.974 bits per heavy atom. The van der Waals surface area contributed by atoms with Crippen LogP contribution in [-0.2, 0) is 46.1 Å². The van der Waals surface area contributed by atoms with Crippen molar-refractivity contribution in [2.45, 2.75) is 204 Å². The Bertz CT molecular complexity index is 2370.